The number of nitrogens with two attached hydrogens (primary N) is 1. The van der Waals surface area contributed by atoms with Gasteiger partial charge < -0.3 is 5.73 Å². The lowest BCUT2D eigenvalue weighted by molar-refractivity contribution is 0.667. The Labute approximate surface area is 102 Å². The Kier molecular flexibility index (Phi) is 5.50. The summed E-state index contributed by atoms with van der Waals surface area (Å²) in [5.41, 5.74) is 6.72. The maximum atomic E-state index is 11.7. The zero-order valence-corrected chi connectivity index (χ0v) is 11.2. The van der Waals surface area contributed by atoms with E-state index in [0.29, 0.717) is 11.5 Å². The van der Waals surface area contributed by atoms with E-state index in [0.717, 1.165) is 16.5 Å². The molecule has 2 nitrogen and oxygen atoms in total. The molecule has 0 amide bonds. The largest absolute Gasteiger partial charge is 0.328 e. The molecule has 84 valence electrons. The van der Waals surface area contributed by atoms with E-state index in [2.05, 4.69) is 15.9 Å². The maximum absolute atomic E-state index is 11.7. The van der Waals surface area contributed by atoms with Gasteiger partial charge in [0.25, 0.3) is 0 Å². The smallest absolute Gasteiger partial charge is 0.0486 e. The molecule has 0 aromatic heterocycles. The molecule has 2 unspecified atom stereocenters. The first-order valence-corrected chi connectivity index (χ1v) is 7.21. The first-order chi connectivity index (χ1) is 7.08. The minimum absolute atomic E-state index is 0.136. The molecule has 2 N–H and O–H groups in total. The maximum Gasteiger partial charge on any atom is 0.0486 e. The number of rotatable bonds is 5. The average Bonchev–Trinajstić information content (AvgIpc) is 2.15. The fourth-order valence-corrected chi connectivity index (χ4v) is 2.98. The number of benzene rings is 1. The van der Waals surface area contributed by atoms with Gasteiger partial charge in [-0.25, -0.2) is 0 Å². The van der Waals surface area contributed by atoms with Gasteiger partial charge in [-0.1, -0.05) is 28.1 Å². The Bertz CT molecular complexity index is 341. The van der Waals surface area contributed by atoms with Crippen molar-refractivity contribution in [2.75, 3.05) is 5.75 Å². The second kappa shape index (κ2) is 6.40. The molecule has 0 aliphatic rings. The molecule has 1 rings (SSSR count). The molecule has 0 radical (unpaired) electrons. The van der Waals surface area contributed by atoms with Gasteiger partial charge in [-0.3, -0.25) is 4.21 Å². The fourth-order valence-electron chi connectivity index (χ4n) is 1.20. The Hall–Kier alpha value is -0.190. The summed E-state index contributed by atoms with van der Waals surface area (Å²) in [7, 11) is -0.801. The van der Waals surface area contributed by atoms with Crippen LogP contribution in [0.5, 0.6) is 0 Å². The Morgan fingerprint density at radius 2 is 2.27 bits per heavy atom. The summed E-state index contributed by atoms with van der Waals surface area (Å²) in [5, 5.41) is 0. The van der Waals surface area contributed by atoms with Crippen LogP contribution >= 0.6 is 15.9 Å². The van der Waals surface area contributed by atoms with Gasteiger partial charge in [-0.05, 0) is 31.0 Å². The van der Waals surface area contributed by atoms with Crippen LogP contribution in [0.15, 0.2) is 28.7 Å². The molecule has 4 heteroatoms. The second-order valence-electron chi connectivity index (χ2n) is 3.68. The van der Waals surface area contributed by atoms with Crippen molar-refractivity contribution < 1.29 is 4.21 Å². The van der Waals surface area contributed by atoms with Crippen LogP contribution in [0.2, 0.25) is 0 Å². The van der Waals surface area contributed by atoms with Crippen LogP contribution in [-0.2, 0) is 16.6 Å². The van der Waals surface area contributed by atoms with E-state index < -0.39 is 10.8 Å². The van der Waals surface area contributed by atoms with E-state index in [1.807, 2.05) is 31.2 Å². The third-order valence-corrected chi connectivity index (χ3v) is 3.86. The molecule has 15 heavy (non-hydrogen) atoms. The van der Waals surface area contributed by atoms with Crippen LogP contribution in [0.4, 0.5) is 0 Å². The summed E-state index contributed by atoms with van der Waals surface area (Å²) in [6.07, 6.45) is 0.820. The third-order valence-electron chi connectivity index (χ3n) is 2.02. The van der Waals surface area contributed by atoms with Crippen LogP contribution in [0, 0.1) is 0 Å². The molecular formula is C11H16BrNOS. The van der Waals surface area contributed by atoms with Gasteiger partial charge in [0.2, 0.25) is 0 Å². The van der Waals surface area contributed by atoms with E-state index >= 15 is 0 Å². The predicted molar refractivity (Wildman–Crippen MR) is 69.1 cm³/mol. The first-order valence-electron chi connectivity index (χ1n) is 4.93. The zero-order chi connectivity index (χ0) is 11.3. The lowest BCUT2D eigenvalue weighted by atomic mass is 10.2. The Morgan fingerprint density at radius 1 is 1.53 bits per heavy atom. The van der Waals surface area contributed by atoms with Crippen molar-refractivity contribution in [2.45, 2.75) is 25.1 Å². The highest BCUT2D eigenvalue weighted by Gasteiger charge is 2.03. The molecule has 0 heterocycles. The highest BCUT2D eigenvalue weighted by Crippen LogP contribution is 2.13. The van der Waals surface area contributed by atoms with Crippen molar-refractivity contribution in [3.8, 4) is 0 Å². The van der Waals surface area contributed by atoms with Crippen LogP contribution in [0.25, 0.3) is 0 Å². The van der Waals surface area contributed by atoms with Gasteiger partial charge in [0, 0.05) is 32.8 Å². The molecule has 1 aromatic rings. The molecule has 0 saturated carbocycles. The summed E-state index contributed by atoms with van der Waals surface area (Å²) in [6.45, 7) is 1.94. The standard InChI is InChI=1S/C11H16BrNOS/c1-9(13)5-6-15(14)8-10-3-2-4-11(12)7-10/h2-4,7,9H,5-6,8,13H2,1H3. The molecule has 0 fully saturated rings. The summed E-state index contributed by atoms with van der Waals surface area (Å²) in [4.78, 5) is 0. The summed E-state index contributed by atoms with van der Waals surface area (Å²) < 4.78 is 12.7. The second-order valence-corrected chi connectivity index (χ2v) is 6.18. The lowest BCUT2D eigenvalue weighted by Crippen LogP contribution is -2.18. The molecule has 0 bridgehead atoms. The van der Waals surface area contributed by atoms with Crippen molar-refractivity contribution >= 4 is 26.7 Å². The van der Waals surface area contributed by atoms with Gasteiger partial charge in [0.1, 0.15) is 0 Å². The number of halogens is 1. The molecule has 0 aliphatic heterocycles. The average molecular weight is 290 g/mol. The van der Waals surface area contributed by atoms with Crippen molar-refractivity contribution in [1.82, 2.24) is 0 Å². The third kappa shape index (κ3) is 5.44. The molecule has 1 aromatic carbocycles. The molecule has 0 spiro atoms. The van der Waals surface area contributed by atoms with E-state index in [9.17, 15) is 4.21 Å². The van der Waals surface area contributed by atoms with Crippen LogP contribution < -0.4 is 5.73 Å². The van der Waals surface area contributed by atoms with Crippen molar-refractivity contribution in [1.29, 1.82) is 0 Å². The Morgan fingerprint density at radius 3 is 2.87 bits per heavy atom. The topological polar surface area (TPSA) is 43.1 Å². The zero-order valence-electron chi connectivity index (χ0n) is 8.78. The minimum Gasteiger partial charge on any atom is -0.328 e. The molecule has 0 saturated heterocycles. The molecule has 0 aliphatic carbocycles. The number of hydrogen-bond donors (Lipinski definition) is 1. The van der Waals surface area contributed by atoms with E-state index in [4.69, 9.17) is 5.73 Å². The quantitative estimate of drug-likeness (QED) is 0.905. The normalized spacial score (nSPS) is 14.9. The Balaban J connectivity index is 2.44. The number of hydrogen-bond acceptors (Lipinski definition) is 2. The summed E-state index contributed by atoms with van der Waals surface area (Å²) >= 11 is 3.40. The van der Waals surface area contributed by atoms with Gasteiger partial charge in [-0.15, -0.1) is 0 Å². The van der Waals surface area contributed by atoms with E-state index in [1.54, 1.807) is 0 Å². The highest BCUT2D eigenvalue weighted by molar-refractivity contribution is 9.10. The van der Waals surface area contributed by atoms with Crippen LogP contribution in [-0.4, -0.2) is 16.0 Å². The first kappa shape index (κ1) is 12.9. The lowest BCUT2D eigenvalue weighted by Gasteiger charge is -2.05. The fraction of sp³-hybridized carbons (Fsp3) is 0.455. The van der Waals surface area contributed by atoms with E-state index in [1.165, 1.54) is 0 Å². The van der Waals surface area contributed by atoms with Gasteiger partial charge in [0.05, 0.1) is 0 Å². The monoisotopic (exact) mass is 289 g/mol. The van der Waals surface area contributed by atoms with Gasteiger partial charge in [0.15, 0.2) is 0 Å². The van der Waals surface area contributed by atoms with E-state index in [-0.39, 0.29) is 6.04 Å². The predicted octanol–water partition coefficient (Wildman–Crippen LogP) is 2.44. The van der Waals surface area contributed by atoms with Crippen LogP contribution in [0.3, 0.4) is 0 Å². The SMILES string of the molecule is CC(N)CCS(=O)Cc1cccc(Br)c1. The van der Waals surface area contributed by atoms with Crippen molar-refractivity contribution in [3.63, 3.8) is 0 Å². The molecular weight excluding hydrogens is 274 g/mol. The van der Waals surface area contributed by atoms with Gasteiger partial charge in [-0.2, -0.15) is 0 Å². The van der Waals surface area contributed by atoms with Gasteiger partial charge >= 0.3 is 0 Å². The summed E-state index contributed by atoms with van der Waals surface area (Å²) in [6, 6.07) is 8.06. The summed E-state index contributed by atoms with van der Waals surface area (Å²) in [5.74, 6) is 1.30. The van der Waals surface area contributed by atoms with Crippen LogP contribution in [0.1, 0.15) is 18.9 Å². The molecule has 2 atom stereocenters. The minimum atomic E-state index is -0.801. The van der Waals surface area contributed by atoms with Crippen molar-refractivity contribution in [3.05, 3.63) is 34.3 Å². The van der Waals surface area contributed by atoms with Crippen molar-refractivity contribution in [2.24, 2.45) is 5.73 Å². The highest BCUT2D eigenvalue weighted by atomic mass is 79.9.